The molecule has 1 aromatic heterocycles. The van der Waals surface area contributed by atoms with Crippen LogP contribution in [0, 0.1) is 10.1 Å². The number of carbonyl (C=O) groups excluding carboxylic acids is 1. The maximum atomic E-state index is 12.5. The van der Waals surface area contributed by atoms with Crippen LogP contribution in [0.2, 0.25) is 5.02 Å². The number of nitrogens with zero attached hydrogens (tertiary/aromatic N) is 2. The highest BCUT2D eigenvalue weighted by molar-refractivity contribution is 6.33. The normalized spacial score (nSPS) is 17.8. The van der Waals surface area contributed by atoms with Crippen LogP contribution in [-0.4, -0.2) is 41.5 Å². The van der Waals surface area contributed by atoms with Crippen LogP contribution in [0.1, 0.15) is 17.5 Å². The fourth-order valence-electron chi connectivity index (χ4n) is 2.57. The summed E-state index contributed by atoms with van der Waals surface area (Å²) in [5.74, 6) is 0.377. The van der Waals surface area contributed by atoms with E-state index in [9.17, 15) is 14.9 Å². The van der Waals surface area contributed by atoms with Crippen LogP contribution in [0.5, 0.6) is 0 Å². The summed E-state index contributed by atoms with van der Waals surface area (Å²) in [5, 5.41) is 11.0. The zero-order chi connectivity index (χ0) is 17.3. The number of morpholine rings is 1. The Balaban J connectivity index is 1.83. The molecule has 3 rings (SSSR count). The van der Waals surface area contributed by atoms with Crippen molar-refractivity contribution in [2.75, 3.05) is 19.7 Å². The summed E-state index contributed by atoms with van der Waals surface area (Å²) in [6.45, 7) is 3.42. The van der Waals surface area contributed by atoms with Crippen LogP contribution in [0.15, 0.2) is 34.7 Å². The number of furan rings is 1. The van der Waals surface area contributed by atoms with Crippen molar-refractivity contribution in [3.05, 3.63) is 51.2 Å². The Morgan fingerprint density at radius 3 is 2.83 bits per heavy atom. The lowest BCUT2D eigenvalue weighted by atomic mass is 10.1. The highest BCUT2D eigenvalue weighted by atomic mass is 35.5. The van der Waals surface area contributed by atoms with Crippen molar-refractivity contribution in [3.63, 3.8) is 0 Å². The predicted molar refractivity (Wildman–Crippen MR) is 87.1 cm³/mol. The second kappa shape index (κ2) is 6.62. The van der Waals surface area contributed by atoms with Gasteiger partial charge in [-0.05, 0) is 25.1 Å². The van der Waals surface area contributed by atoms with Crippen molar-refractivity contribution in [2.45, 2.75) is 13.0 Å². The molecule has 24 heavy (non-hydrogen) atoms. The van der Waals surface area contributed by atoms with Crippen LogP contribution in [-0.2, 0) is 4.74 Å². The number of carbonyl (C=O) groups is 1. The summed E-state index contributed by atoms with van der Waals surface area (Å²) in [7, 11) is 0. The Morgan fingerprint density at radius 1 is 1.38 bits per heavy atom. The molecule has 8 heteroatoms. The molecule has 1 amide bonds. The molecule has 1 aliphatic rings. The van der Waals surface area contributed by atoms with Gasteiger partial charge in [0, 0.05) is 30.8 Å². The van der Waals surface area contributed by atoms with E-state index in [-0.39, 0.29) is 28.5 Å². The van der Waals surface area contributed by atoms with E-state index in [2.05, 4.69) is 0 Å². The van der Waals surface area contributed by atoms with E-state index >= 15 is 0 Å². The monoisotopic (exact) mass is 350 g/mol. The Hall–Kier alpha value is -2.38. The lowest BCUT2D eigenvalue weighted by Crippen LogP contribution is -2.44. The van der Waals surface area contributed by atoms with Gasteiger partial charge in [-0.3, -0.25) is 14.9 Å². The highest BCUT2D eigenvalue weighted by Gasteiger charge is 2.25. The molecule has 0 aliphatic carbocycles. The Kier molecular flexibility index (Phi) is 4.55. The van der Waals surface area contributed by atoms with Gasteiger partial charge < -0.3 is 14.1 Å². The van der Waals surface area contributed by atoms with Crippen LogP contribution in [0.25, 0.3) is 11.3 Å². The molecular weight excluding hydrogens is 336 g/mol. The number of ether oxygens (including phenoxy) is 1. The van der Waals surface area contributed by atoms with Crippen molar-refractivity contribution >= 4 is 23.2 Å². The van der Waals surface area contributed by atoms with E-state index in [4.69, 9.17) is 20.8 Å². The van der Waals surface area contributed by atoms with Crippen LogP contribution < -0.4 is 0 Å². The summed E-state index contributed by atoms with van der Waals surface area (Å²) >= 11 is 6.09. The van der Waals surface area contributed by atoms with Crippen molar-refractivity contribution in [2.24, 2.45) is 0 Å². The molecule has 2 aromatic rings. The van der Waals surface area contributed by atoms with E-state index in [1.165, 1.54) is 18.2 Å². The number of hydrogen-bond donors (Lipinski definition) is 0. The van der Waals surface area contributed by atoms with E-state index in [1.807, 2.05) is 6.92 Å². The third-order valence-corrected chi connectivity index (χ3v) is 4.09. The Labute approximate surface area is 142 Å². The minimum Gasteiger partial charge on any atom is -0.451 e. The van der Waals surface area contributed by atoms with Gasteiger partial charge in [-0.1, -0.05) is 11.6 Å². The van der Waals surface area contributed by atoms with Gasteiger partial charge in [-0.2, -0.15) is 0 Å². The number of nitro groups is 1. The molecular formula is C16H15ClN2O5. The Morgan fingerprint density at radius 2 is 2.17 bits per heavy atom. The molecule has 1 atom stereocenters. The summed E-state index contributed by atoms with van der Waals surface area (Å²) in [6, 6.07) is 7.31. The first-order chi connectivity index (χ1) is 11.5. The molecule has 1 aliphatic heterocycles. The van der Waals surface area contributed by atoms with Crippen LogP contribution >= 0.6 is 11.6 Å². The first-order valence-corrected chi connectivity index (χ1v) is 7.78. The molecule has 0 unspecified atom stereocenters. The van der Waals surface area contributed by atoms with Crippen molar-refractivity contribution in [3.8, 4) is 11.3 Å². The zero-order valence-electron chi connectivity index (χ0n) is 12.9. The van der Waals surface area contributed by atoms with Gasteiger partial charge in [0.2, 0.25) is 0 Å². The van der Waals surface area contributed by atoms with Gasteiger partial charge >= 0.3 is 0 Å². The topological polar surface area (TPSA) is 85.8 Å². The fraction of sp³-hybridized carbons (Fsp3) is 0.312. The van der Waals surface area contributed by atoms with E-state index in [0.29, 0.717) is 31.0 Å². The molecule has 1 saturated heterocycles. The van der Waals surface area contributed by atoms with E-state index in [1.54, 1.807) is 17.0 Å². The average molecular weight is 351 g/mol. The van der Waals surface area contributed by atoms with E-state index < -0.39 is 4.92 Å². The first kappa shape index (κ1) is 16.5. The quantitative estimate of drug-likeness (QED) is 0.625. The molecule has 0 N–H and O–H groups in total. The maximum absolute atomic E-state index is 12.5. The third-order valence-electron chi connectivity index (χ3n) is 3.77. The lowest BCUT2D eigenvalue weighted by Gasteiger charge is -2.30. The molecule has 7 nitrogen and oxygen atoms in total. The van der Waals surface area contributed by atoms with Gasteiger partial charge in [0.25, 0.3) is 11.6 Å². The van der Waals surface area contributed by atoms with Crippen molar-refractivity contribution < 1.29 is 18.9 Å². The molecule has 1 aromatic carbocycles. The number of amides is 1. The van der Waals surface area contributed by atoms with E-state index in [0.717, 1.165) is 0 Å². The van der Waals surface area contributed by atoms with Gasteiger partial charge in [-0.15, -0.1) is 0 Å². The second-order valence-corrected chi connectivity index (χ2v) is 5.92. The first-order valence-electron chi connectivity index (χ1n) is 7.40. The Bertz CT molecular complexity index is 789. The molecule has 2 heterocycles. The standard InChI is InChI=1S/C16H15ClN2O5/c1-10-9-18(6-7-23-10)16(20)15-5-4-14(24-15)12-3-2-11(19(21)22)8-13(12)17/h2-5,8,10H,6-7,9H2,1H3/t10-/m1/s1. The van der Waals surface area contributed by atoms with Gasteiger partial charge in [-0.25, -0.2) is 0 Å². The SMILES string of the molecule is C[C@@H]1CN(C(=O)c2ccc(-c3ccc([N+](=O)[O-])cc3Cl)o2)CCO1. The predicted octanol–water partition coefficient (Wildman–Crippen LogP) is 3.37. The van der Waals surface area contributed by atoms with Crippen molar-refractivity contribution in [1.29, 1.82) is 0 Å². The number of non-ortho nitro benzene ring substituents is 1. The highest BCUT2D eigenvalue weighted by Crippen LogP contribution is 2.32. The molecule has 0 spiro atoms. The molecule has 0 bridgehead atoms. The van der Waals surface area contributed by atoms with Gasteiger partial charge in [0.05, 0.1) is 22.7 Å². The number of rotatable bonds is 3. The number of nitro benzene ring substituents is 1. The van der Waals surface area contributed by atoms with Crippen LogP contribution in [0.3, 0.4) is 0 Å². The fourth-order valence-corrected chi connectivity index (χ4v) is 2.84. The molecule has 1 fully saturated rings. The largest absolute Gasteiger partial charge is 0.451 e. The molecule has 0 saturated carbocycles. The van der Waals surface area contributed by atoms with Gasteiger partial charge in [0.15, 0.2) is 5.76 Å². The number of hydrogen-bond acceptors (Lipinski definition) is 5. The second-order valence-electron chi connectivity index (χ2n) is 5.52. The molecule has 126 valence electrons. The zero-order valence-corrected chi connectivity index (χ0v) is 13.7. The summed E-state index contributed by atoms with van der Waals surface area (Å²) in [4.78, 5) is 24.4. The lowest BCUT2D eigenvalue weighted by molar-refractivity contribution is -0.384. The van der Waals surface area contributed by atoms with Crippen molar-refractivity contribution in [1.82, 2.24) is 4.90 Å². The maximum Gasteiger partial charge on any atom is 0.289 e. The minimum atomic E-state index is -0.521. The summed E-state index contributed by atoms with van der Waals surface area (Å²) in [5.41, 5.74) is 0.394. The van der Waals surface area contributed by atoms with Crippen LogP contribution in [0.4, 0.5) is 5.69 Å². The number of halogens is 1. The average Bonchev–Trinajstić information content (AvgIpc) is 3.03. The smallest absolute Gasteiger partial charge is 0.289 e. The number of benzene rings is 1. The summed E-state index contributed by atoms with van der Waals surface area (Å²) < 4.78 is 11.0. The third kappa shape index (κ3) is 3.27. The minimum absolute atomic E-state index is 0.0127. The van der Waals surface area contributed by atoms with Gasteiger partial charge in [0.1, 0.15) is 5.76 Å². The molecule has 0 radical (unpaired) electrons. The summed E-state index contributed by atoms with van der Waals surface area (Å²) in [6.07, 6.45) is -0.0127.